The summed E-state index contributed by atoms with van der Waals surface area (Å²) in [4.78, 5) is 0. The van der Waals surface area contributed by atoms with Crippen LogP contribution in [-0.4, -0.2) is 10.2 Å². The quantitative estimate of drug-likeness (QED) is 0.408. The van der Waals surface area contributed by atoms with Crippen molar-refractivity contribution in [2.75, 3.05) is 0 Å². The largest absolute Gasteiger partial charge is 0.508 e. The molecule has 2 nitrogen and oxygen atoms in total. The van der Waals surface area contributed by atoms with Crippen molar-refractivity contribution in [1.29, 1.82) is 0 Å². The SMILES string of the molecule is CCCCCc1c(C)c(O)cc(O)c1C/C=C(\C)CCC=C(C)C. The molecule has 0 aromatic heterocycles. The molecule has 0 aliphatic carbocycles. The van der Waals surface area contributed by atoms with Crippen LogP contribution < -0.4 is 0 Å². The van der Waals surface area contributed by atoms with Crippen molar-refractivity contribution in [2.45, 2.75) is 79.6 Å². The lowest BCUT2D eigenvalue weighted by atomic mass is 9.92. The van der Waals surface area contributed by atoms with Crippen LogP contribution in [0.15, 0.2) is 29.4 Å². The maximum absolute atomic E-state index is 10.3. The van der Waals surface area contributed by atoms with Crippen molar-refractivity contribution in [3.05, 3.63) is 46.1 Å². The number of phenolic OH excluding ortho intramolecular Hbond substituents is 2. The summed E-state index contributed by atoms with van der Waals surface area (Å²) in [5.41, 5.74) is 5.71. The van der Waals surface area contributed by atoms with Gasteiger partial charge in [-0.2, -0.15) is 0 Å². The fraction of sp³-hybridized carbons (Fsp3) is 0.545. The molecule has 0 atom stereocenters. The minimum absolute atomic E-state index is 0.201. The third-order valence-corrected chi connectivity index (χ3v) is 4.56. The number of unbranched alkanes of at least 4 members (excludes halogenated alkanes) is 2. The fourth-order valence-corrected chi connectivity index (χ4v) is 2.95. The third kappa shape index (κ3) is 6.43. The Labute approximate surface area is 147 Å². The van der Waals surface area contributed by atoms with E-state index in [9.17, 15) is 10.2 Å². The average Bonchev–Trinajstić information content (AvgIpc) is 2.51. The molecule has 0 fully saturated rings. The highest BCUT2D eigenvalue weighted by molar-refractivity contribution is 5.52. The van der Waals surface area contributed by atoms with Crippen LogP contribution in [0.1, 0.15) is 76.5 Å². The lowest BCUT2D eigenvalue weighted by Crippen LogP contribution is -1.99. The lowest BCUT2D eigenvalue weighted by Gasteiger charge is -2.15. The van der Waals surface area contributed by atoms with Gasteiger partial charge < -0.3 is 10.2 Å². The predicted octanol–water partition coefficient (Wildman–Crippen LogP) is 6.37. The molecule has 0 bridgehead atoms. The molecule has 0 amide bonds. The second kappa shape index (κ2) is 10.2. The number of phenols is 2. The molecule has 2 heteroatoms. The summed E-state index contributed by atoms with van der Waals surface area (Å²) in [5.74, 6) is 0.421. The summed E-state index contributed by atoms with van der Waals surface area (Å²) in [6.45, 7) is 10.5. The van der Waals surface area contributed by atoms with Gasteiger partial charge in [0.1, 0.15) is 11.5 Å². The summed E-state index contributed by atoms with van der Waals surface area (Å²) in [6.07, 6.45) is 11.7. The molecule has 0 aliphatic rings. The van der Waals surface area contributed by atoms with Gasteiger partial charge in [-0.25, -0.2) is 0 Å². The van der Waals surface area contributed by atoms with E-state index < -0.39 is 0 Å². The van der Waals surface area contributed by atoms with Gasteiger partial charge in [0.25, 0.3) is 0 Å². The van der Waals surface area contributed by atoms with E-state index in [0.29, 0.717) is 0 Å². The second-order valence-corrected chi connectivity index (χ2v) is 7.03. The van der Waals surface area contributed by atoms with Crippen molar-refractivity contribution in [1.82, 2.24) is 0 Å². The molecule has 134 valence electrons. The van der Waals surface area contributed by atoms with E-state index in [0.717, 1.165) is 48.8 Å². The summed E-state index contributed by atoms with van der Waals surface area (Å²) in [6, 6.07) is 1.49. The zero-order chi connectivity index (χ0) is 18.1. The van der Waals surface area contributed by atoms with Crippen molar-refractivity contribution < 1.29 is 10.2 Å². The van der Waals surface area contributed by atoms with Gasteiger partial charge in [-0.05, 0) is 70.9 Å². The van der Waals surface area contributed by atoms with Gasteiger partial charge in [0.2, 0.25) is 0 Å². The molecule has 2 N–H and O–H groups in total. The monoisotopic (exact) mass is 330 g/mol. The van der Waals surface area contributed by atoms with Gasteiger partial charge in [0.15, 0.2) is 0 Å². The Morgan fingerprint density at radius 2 is 1.71 bits per heavy atom. The molecule has 24 heavy (non-hydrogen) atoms. The highest BCUT2D eigenvalue weighted by atomic mass is 16.3. The van der Waals surface area contributed by atoms with Gasteiger partial charge >= 0.3 is 0 Å². The zero-order valence-electron chi connectivity index (χ0n) is 16.1. The van der Waals surface area contributed by atoms with Gasteiger partial charge in [-0.15, -0.1) is 0 Å². The first-order valence-corrected chi connectivity index (χ1v) is 9.19. The molecule has 1 rings (SSSR count). The van der Waals surface area contributed by atoms with Crippen LogP contribution in [0.5, 0.6) is 11.5 Å². The Morgan fingerprint density at radius 3 is 2.33 bits per heavy atom. The first kappa shape index (κ1) is 20.3. The molecule has 0 unspecified atom stereocenters. The highest BCUT2D eigenvalue weighted by Gasteiger charge is 2.14. The summed E-state index contributed by atoms with van der Waals surface area (Å²) in [7, 11) is 0. The standard InChI is InChI=1S/C22H34O2/c1-6-7-8-12-19-18(5)21(23)15-22(24)20(19)14-13-17(4)11-9-10-16(2)3/h10,13,15,23-24H,6-9,11-12,14H2,1-5H3/b17-13+. The summed E-state index contributed by atoms with van der Waals surface area (Å²) in [5, 5.41) is 20.3. The Balaban J connectivity index is 2.92. The number of rotatable bonds is 9. The Hall–Kier alpha value is -1.70. The molecule has 0 spiro atoms. The first-order chi connectivity index (χ1) is 11.4. The van der Waals surface area contributed by atoms with E-state index >= 15 is 0 Å². The van der Waals surface area contributed by atoms with E-state index in [2.05, 4.69) is 39.8 Å². The van der Waals surface area contributed by atoms with Gasteiger partial charge in [0, 0.05) is 11.6 Å². The lowest BCUT2D eigenvalue weighted by molar-refractivity contribution is 0.442. The summed E-state index contributed by atoms with van der Waals surface area (Å²) >= 11 is 0. The molecular weight excluding hydrogens is 296 g/mol. The van der Waals surface area contributed by atoms with Crippen LogP contribution in [-0.2, 0) is 12.8 Å². The fourth-order valence-electron chi connectivity index (χ4n) is 2.95. The zero-order valence-corrected chi connectivity index (χ0v) is 16.1. The molecule has 0 saturated carbocycles. The van der Waals surface area contributed by atoms with Gasteiger partial charge in [0.05, 0.1) is 0 Å². The minimum Gasteiger partial charge on any atom is -0.508 e. The molecular formula is C22H34O2. The van der Waals surface area contributed by atoms with E-state index in [1.807, 2.05) is 6.92 Å². The summed E-state index contributed by atoms with van der Waals surface area (Å²) < 4.78 is 0. The smallest absolute Gasteiger partial charge is 0.123 e. The Bertz CT molecular complexity index is 590. The van der Waals surface area contributed by atoms with Crippen molar-refractivity contribution in [3.8, 4) is 11.5 Å². The van der Waals surface area contributed by atoms with Gasteiger partial charge in [-0.1, -0.05) is 43.1 Å². The highest BCUT2D eigenvalue weighted by Crippen LogP contribution is 2.33. The van der Waals surface area contributed by atoms with E-state index in [1.54, 1.807) is 0 Å². The number of hydrogen-bond donors (Lipinski definition) is 2. The molecule has 0 saturated heterocycles. The minimum atomic E-state index is 0.201. The second-order valence-electron chi connectivity index (χ2n) is 7.03. The molecule has 0 aliphatic heterocycles. The molecule has 1 aromatic carbocycles. The van der Waals surface area contributed by atoms with Crippen LogP contribution in [0.2, 0.25) is 0 Å². The van der Waals surface area contributed by atoms with Crippen LogP contribution in [0.4, 0.5) is 0 Å². The first-order valence-electron chi connectivity index (χ1n) is 9.19. The Kier molecular flexibility index (Phi) is 8.67. The van der Waals surface area contributed by atoms with Crippen LogP contribution >= 0.6 is 0 Å². The average molecular weight is 331 g/mol. The molecule has 1 aromatic rings. The maximum Gasteiger partial charge on any atom is 0.123 e. The predicted molar refractivity (Wildman–Crippen MR) is 104 cm³/mol. The number of benzene rings is 1. The number of allylic oxidation sites excluding steroid dienone is 4. The maximum atomic E-state index is 10.3. The van der Waals surface area contributed by atoms with Crippen molar-refractivity contribution in [2.24, 2.45) is 0 Å². The molecule has 0 radical (unpaired) electrons. The molecule has 0 heterocycles. The van der Waals surface area contributed by atoms with Gasteiger partial charge in [-0.3, -0.25) is 0 Å². The van der Waals surface area contributed by atoms with Crippen LogP contribution in [0.25, 0.3) is 0 Å². The van der Waals surface area contributed by atoms with Crippen molar-refractivity contribution >= 4 is 0 Å². The van der Waals surface area contributed by atoms with Crippen LogP contribution in [0, 0.1) is 6.92 Å². The van der Waals surface area contributed by atoms with Crippen LogP contribution in [0.3, 0.4) is 0 Å². The van der Waals surface area contributed by atoms with E-state index in [-0.39, 0.29) is 11.5 Å². The van der Waals surface area contributed by atoms with Crippen molar-refractivity contribution in [3.63, 3.8) is 0 Å². The topological polar surface area (TPSA) is 40.5 Å². The Morgan fingerprint density at radius 1 is 1.00 bits per heavy atom. The third-order valence-electron chi connectivity index (χ3n) is 4.56. The number of hydrogen-bond acceptors (Lipinski definition) is 2. The van der Waals surface area contributed by atoms with E-state index in [4.69, 9.17) is 0 Å². The normalized spacial score (nSPS) is 11.6. The number of aromatic hydroxyl groups is 2. The van der Waals surface area contributed by atoms with E-state index in [1.165, 1.54) is 30.1 Å².